The highest BCUT2D eigenvalue weighted by Crippen LogP contribution is 2.16. The van der Waals surface area contributed by atoms with Crippen LogP contribution in [0.3, 0.4) is 0 Å². The number of aromatic nitrogens is 1. The Balaban J connectivity index is 1.76. The third kappa shape index (κ3) is 4.15. The van der Waals surface area contributed by atoms with Crippen molar-refractivity contribution in [2.75, 3.05) is 32.8 Å². The minimum atomic E-state index is -0.756. The lowest BCUT2D eigenvalue weighted by Crippen LogP contribution is -2.43. The van der Waals surface area contributed by atoms with Gasteiger partial charge in [0.2, 0.25) is 5.95 Å². The molecule has 0 spiro atoms. The predicted molar refractivity (Wildman–Crippen MR) is 88.1 cm³/mol. The quantitative estimate of drug-likeness (QED) is 0.853. The Bertz CT molecular complexity index is 675. The van der Waals surface area contributed by atoms with Crippen LogP contribution in [-0.2, 0) is 4.74 Å². The maximum Gasteiger partial charge on any atom is 0.256 e. The van der Waals surface area contributed by atoms with Crippen molar-refractivity contribution in [2.45, 2.75) is 6.04 Å². The van der Waals surface area contributed by atoms with Gasteiger partial charge in [-0.15, -0.1) is 0 Å². The van der Waals surface area contributed by atoms with Gasteiger partial charge >= 0.3 is 0 Å². The summed E-state index contributed by atoms with van der Waals surface area (Å²) in [5.74, 6) is -1.21. The van der Waals surface area contributed by atoms with Gasteiger partial charge in [-0.25, -0.2) is 4.98 Å². The Morgan fingerprint density at radius 1 is 1.21 bits per heavy atom. The molecule has 1 N–H and O–H groups in total. The molecule has 3 rings (SSSR count). The third-order valence-corrected chi connectivity index (χ3v) is 4.06. The Morgan fingerprint density at radius 2 is 1.96 bits per heavy atom. The first kappa shape index (κ1) is 16.5. The fourth-order valence-electron chi connectivity index (χ4n) is 2.75. The van der Waals surface area contributed by atoms with Gasteiger partial charge in [0.25, 0.3) is 5.91 Å². The number of benzene rings is 1. The van der Waals surface area contributed by atoms with Crippen LogP contribution in [-0.4, -0.2) is 48.6 Å². The summed E-state index contributed by atoms with van der Waals surface area (Å²) in [4.78, 5) is 18.2. The molecule has 24 heavy (non-hydrogen) atoms. The number of rotatable bonds is 5. The van der Waals surface area contributed by atoms with Crippen molar-refractivity contribution in [3.8, 4) is 0 Å². The molecule has 6 heteroatoms. The van der Waals surface area contributed by atoms with Gasteiger partial charge in [-0.2, -0.15) is 4.39 Å². The number of pyridine rings is 1. The molecular weight excluding hydrogens is 309 g/mol. The molecule has 2 heterocycles. The number of hydrogen-bond donors (Lipinski definition) is 1. The molecule has 0 saturated carbocycles. The van der Waals surface area contributed by atoms with Crippen LogP contribution in [0.5, 0.6) is 0 Å². The van der Waals surface area contributed by atoms with Gasteiger partial charge in [-0.1, -0.05) is 30.3 Å². The minimum Gasteiger partial charge on any atom is -0.379 e. The van der Waals surface area contributed by atoms with Crippen molar-refractivity contribution < 1.29 is 13.9 Å². The average molecular weight is 329 g/mol. The third-order valence-electron chi connectivity index (χ3n) is 4.06. The van der Waals surface area contributed by atoms with E-state index in [-0.39, 0.29) is 11.6 Å². The number of morpholine rings is 1. The van der Waals surface area contributed by atoms with Crippen LogP contribution in [0.15, 0.2) is 48.7 Å². The second-order valence-electron chi connectivity index (χ2n) is 5.69. The van der Waals surface area contributed by atoms with E-state index in [2.05, 4.69) is 15.2 Å². The van der Waals surface area contributed by atoms with Crippen LogP contribution < -0.4 is 5.32 Å². The Morgan fingerprint density at radius 3 is 2.67 bits per heavy atom. The van der Waals surface area contributed by atoms with Crippen molar-refractivity contribution >= 4 is 5.91 Å². The van der Waals surface area contributed by atoms with E-state index in [0.29, 0.717) is 19.8 Å². The van der Waals surface area contributed by atoms with E-state index >= 15 is 0 Å². The maximum atomic E-state index is 13.8. The number of carbonyl (C=O) groups excluding carboxylic acids is 1. The number of carbonyl (C=O) groups is 1. The Hall–Kier alpha value is -2.31. The van der Waals surface area contributed by atoms with Crippen molar-refractivity contribution in [3.63, 3.8) is 0 Å². The summed E-state index contributed by atoms with van der Waals surface area (Å²) in [5.41, 5.74) is 0.946. The number of halogens is 1. The topological polar surface area (TPSA) is 54.5 Å². The van der Waals surface area contributed by atoms with Crippen LogP contribution >= 0.6 is 0 Å². The number of hydrogen-bond acceptors (Lipinski definition) is 4. The highest BCUT2D eigenvalue weighted by molar-refractivity contribution is 5.94. The molecule has 1 aromatic carbocycles. The summed E-state index contributed by atoms with van der Waals surface area (Å²) >= 11 is 0. The van der Waals surface area contributed by atoms with Crippen LogP contribution in [0.2, 0.25) is 0 Å². The molecule has 1 aliphatic heterocycles. The molecular formula is C18H20FN3O2. The second kappa shape index (κ2) is 7.99. The Labute approximate surface area is 140 Å². The Kier molecular flexibility index (Phi) is 5.51. The molecule has 1 saturated heterocycles. The fourth-order valence-corrected chi connectivity index (χ4v) is 2.75. The molecule has 126 valence electrons. The molecule has 1 atom stereocenters. The van der Waals surface area contributed by atoms with Gasteiger partial charge < -0.3 is 10.1 Å². The average Bonchev–Trinajstić information content (AvgIpc) is 2.63. The molecule has 1 aromatic heterocycles. The molecule has 1 fully saturated rings. The lowest BCUT2D eigenvalue weighted by molar-refractivity contribution is 0.0332. The summed E-state index contributed by atoms with van der Waals surface area (Å²) in [6, 6.07) is 12.5. The van der Waals surface area contributed by atoms with Gasteiger partial charge in [0.05, 0.1) is 24.8 Å². The predicted octanol–water partition coefficient (Wildman–Crippen LogP) is 2.02. The maximum absolute atomic E-state index is 13.8. The number of amides is 1. The zero-order valence-electron chi connectivity index (χ0n) is 13.3. The normalized spacial score (nSPS) is 16.5. The zero-order chi connectivity index (χ0) is 16.8. The smallest absolute Gasteiger partial charge is 0.256 e. The monoisotopic (exact) mass is 329 g/mol. The first-order valence-corrected chi connectivity index (χ1v) is 8.00. The van der Waals surface area contributed by atoms with E-state index in [0.717, 1.165) is 18.7 Å². The van der Waals surface area contributed by atoms with Crippen molar-refractivity contribution in [1.29, 1.82) is 0 Å². The summed E-state index contributed by atoms with van der Waals surface area (Å²) < 4.78 is 19.1. The number of nitrogens with one attached hydrogen (secondary N) is 1. The van der Waals surface area contributed by atoms with Crippen LogP contribution in [0.1, 0.15) is 22.0 Å². The van der Waals surface area contributed by atoms with E-state index in [9.17, 15) is 9.18 Å². The van der Waals surface area contributed by atoms with E-state index in [1.165, 1.54) is 12.3 Å². The zero-order valence-corrected chi connectivity index (χ0v) is 13.3. The molecule has 1 amide bonds. The molecule has 0 aliphatic carbocycles. The largest absolute Gasteiger partial charge is 0.379 e. The van der Waals surface area contributed by atoms with Crippen molar-refractivity contribution in [3.05, 3.63) is 65.7 Å². The standard InChI is InChI=1S/C18H20FN3O2/c19-17-15(7-4-8-20-17)18(23)21-16(14-5-2-1-3-6-14)13-22-9-11-24-12-10-22/h1-8,16H,9-13H2,(H,21,23). The molecule has 2 aromatic rings. The van der Waals surface area contributed by atoms with E-state index in [1.54, 1.807) is 6.07 Å². The SMILES string of the molecule is O=C(NC(CN1CCOCC1)c1ccccc1)c1cccnc1F. The van der Waals surface area contributed by atoms with Crippen LogP contribution in [0.4, 0.5) is 4.39 Å². The van der Waals surface area contributed by atoms with Gasteiger partial charge in [0.1, 0.15) is 0 Å². The minimum absolute atomic E-state index is 0.0413. The van der Waals surface area contributed by atoms with Crippen molar-refractivity contribution in [1.82, 2.24) is 15.2 Å². The lowest BCUT2D eigenvalue weighted by Gasteiger charge is -2.31. The second-order valence-corrected chi connectivity index (χ2v) is 5.69. The van der Waals surface area contributed by atoms with E-state index in [4.69, 9.17) is 4.74 Å². The fraction of sp³-hybridized carbons (Fsp3) is 0.333. The molecule has 0 bridgehead atoms. The molecule has 0 radical (unpaired) electrons. The highest BCUT2D eigenvalue weighted by atomic mass is 19.1. The lowest BCUT2D eigenvalue weighted by atomic mass is 10.1. The van der Waals surface area contributed by atoms with Crippen LogP contribution in [0.25, 0.3) is 0 Å². The number of ether oxygens (including phenoxy) is 1. The summed E-state index contributed by atoms with van der Waals surface area (Å²) in [6.45, 7) is 3.67. The highest BCUT2D eigenvalue weighted by Gasteiger charge is 2.22. The first-order chi connectivity index (χ1) is 11.7. The van der Waals surface area contributed by atoms with E-state index < -0.39 is 11.9 Å². The summed E-state index contributed by atoms with van der Waals surface area (Å²) in [5, 5.41) is 2.94. The first-order valence-electron chi connectivity index (χ1n) is 8.00. The van der Waals surface area contributed by atoms with Gasteiger partial charge in [0, 0.05) is 25.8 Å². The molecule has 1 unspecified atom stereocenters. The van der Waals surface area contributed by atoms with Gasteiger partial charge in [0.15, 0.2) is 0 Å². The summed E-state index contributed by atoms with van der Waals surface area (Å²) in [6.07, 6.45) is 1.33. The molecule has 5 nitrogen and oxygen atoms in total. The molecule has 1 aliphatic rings. The van der Waals surface area contributed by atoms with Crippen molar-refractivity contribution in [2.24, 2.45) is 0 Å². The summed E-state index contributed by atoms with van der Waals surface area (Å²) in [7, 11) is 0. The van der Waals surface area contributed by atoms with E-state index in [1.807, 2.05) is 30.3 Å². The number of nitrogens with zero attached hydrogens (tertiary/aromatic N) is 2. The van der Waals surface area contributed by atoms with Crippen LogP contribution in [0, 0.1) is 5.95 Å². The van der Waals surface area contributed by atoms with Gasteiger partial charge in [-0.3, -0.25) is 9.69 Å². The van der Waals surface area contributed by atoms with Gasteiger partial charge in [-0.05, 0) is 17.7 Å².